The van der Waals surface area contributed by atoms with Crippen LogP contribution in [0.3, 0.4) is 0 Å². The SMILES string of the molecule is Cc1cccc(C)c1C(=O)OOC(=O)OC1CCC(C(C)(C)C2CCC(OC(=O)OOC(=O)c3c(C)cccc3C)CC2)CC1. The third kappa shape index (κ3) is 8.55. The van der Waals surface area contributed by atoms with Crippen LogP contribution in [0.25, 0.3) is 0 Å². The second-order valence-electron chi connectivity index (χ2n) is 12.9. The number of hydrogen-bond donors (Lipinski definition) is 0. The molecule has 0 unspecified atom stereocenters. The molecule has 2 fully saturated rings. The van der Waals surface area contributed by atoms with Gasteiger partial charge in [0.1, 0.15) is 12.2 Å². The Morgan fingerprint density at radius 3 is 1.16 bits per heavy atom. The summed E-state index contributed by atoms with van der Waals surface area (Å²) in [5, 5.41) is 0. The van der Waals surface area contributed by atoms with Gasteiger partial charge in [0.15, 0.2) is 0 Å². The summed E-state index contributed by atoms with van der Waals surface area (Å²) in [6.45, 7) is 11.7. The predicted molar refractivity (Wildman–Crippen MR) is 163 cm³/mol. The van der Waals surface area contributed by atoms with E-state index < -0.39 is 24.2 Å². The van der Waals surface area contributed by atoms with Crippen molar-refractivity contribution in [1.29, 1.82) is 0 Å². The van der Waals surface area contributed by atoms with Crippen LogP contribution in [-0.2, 0) is 29.0 Å². The molecule has 0 N–H and O–H groups in total. The Balaban J connectivity index is 1.15. The highest BCUT2D eigenvalue weighted by molar-refractivity contribution is 5.93. The van der Waals surface area contributed by atoms with Gasteiger partial charge in [0.2, 0.25) is 0 Å². The Morgan fingerprint density at radius 2 is 0.844 bits per heavy atom. The molecule has 2 aromatic carbocycles. The van der Waals surface area contributed by atoms with Crippen molar-refractivity contribution >= 4 is 24.2 Å². The zero-order valence-corrected chi connectivity index (χ0v) is 27.0. The summed E-state index contributed by atoms with van der Waals surface area (Å²) in [7, 11) is 0. The van der Waals surface area contributed by atoms with Gasteiger partial charge in [-0.1, -0.05) is 50.2 Å². The number of carbonyl (C=O) groups is 4. The number of benzene rings is 2. The van der Waals surface area contributed by atoms with Crippen LogP contribution in [-0.4, -0.2) is 36.5 Å². The van der Waals surface area contributed by atoms with Gasteiger partial charge in [0, 0.05) is 0 Å². The van der Waals surface area contributed by atoms with Gasteiger partial charge < -0.3 is 9.47 Å². The average Bonchev–Trinajstić information content (AvgIpc) is 2.99. The van der Waals surface area contributed by atoms with E-state index in [1.165, 1.54) is 0 Å². The van der Waals surface area contributed by atoms with E-state index in [1.54, 1.807) is 52.0 Å². The third-order valence-corrected chi connectivity index (χ3v) is 9.72. The maximum absolute atomic E-state index is 12.4. The zero-order valence-electron chi connectivity index (χ0n) is 27.0. The summed E-state index contributed by atoms with van der Waals surface area (Å²) in [6, 6.07) is 10.8. The number of aryl methyl sites for hydroxylation is 4. The van der Waals surface area contributed by atoms with Crippen molar-refractivity contribution in [2.24, 2.45) is 17.3 Å². The highest BCUT2D eigenvalue weighted by Gasteiger charge is 2.41. The molecule has 2 aromatic rings. The van der Waals surface area contributed by atoms with Crippen LogP contribution in [0.5, 0.6) is 0 Å². The van der Waals surface area contributed by atoms with E-state index >= 15 is 0 Å². The highest BCUT2D eigenvalue weighted by Crippen LogP contribution is 2.49. The number of hydrogen-bond acceptors (Lipinski definition) is 10. The van der Waals surface area contributed by atoms with Crippen molar-refractivity contribution < 1.29 is 48.2 Å². The molecule has 244 valence electrons. The summed E-state index contributed by atoms with van der Waals surface area (Å²) >= 11 is 0. The van der Waals surface area contributed by atoms with Gasteiger partial charge in [-0.05, 0) is 119 Å². The second-order valence-corrected chi connectivity index (χ2v) is 12.9. The number of ether oxygens (including phenoxy) is 2. The van der Waals surface area contributed by atoms with E-state index in [4.69, 9.17) is 19.2 Å². The quantitative estimate of drug-likeness (QED) is 0.176. The Morgan fingerprint density at radius 1 is 0.533 bits per heavy atom. The lowest BCUT2D eigenvalue weighted by Crippen LogP contribution is -2.39. The second kappa shape index (κ2) is 14.8. The van der Waals surface area contributed by atoms with Crippen molar-refractivity contribution in [1.82, 2.24) is 0 Å². The molecule has 0 aliphatic heterocycles. The first-order valence-electron chi connectivity index (χ1n) is 15.7. The molecule has 4 rings (SSSR count). The van der Waals surface area contributed by atoms with E-state index in [-0.39, 0.29) is 17.6 Å². The van der Waals surface area contributed by atoms with Gasteiger partial charge >= 0.3 is 24.2 Å². The van der Waals surface area contributed by atoms with Gasteiger partial charge in [0.25, 0.3) is 0 Å². The maximum Gasteiger partial charge on any atom is 0.550 e. The monoisotopic (exact) mass is 624 g/mol. The summed E-state index contributed by atoms with van der Waals surface area (Å²) in [6.07, 6.45) is 3.69. The fourth-order valence-electron chi connectivity index (χ4n) is 6.99. The minimum atomic E-state index is -1.02. The smallest absolute Gasteiger partial charge is 0.428 e. The predicted octanol–water partition coefficient (Wildman–Crippen LogP) is 8.21. The molecule has 10 nitrogen and oxygen atoms in total. The summed E-state index contributed by atoms with van der Waals surface area (Å²) in [5.41, 5.74) is 3.69. The van der Waals surface area contributed by atoms with Crippen molar-refractivity contribution in [3.8, 4) is 0 Å². The maximum atomic E-state index is 12.4. The molecule has 45 heavy (non-hydrogen) atoms. The molecule has 0 saturated heterocycles. The van der Waals surface area contributed by atoms with Crippen LogP contribution in [0.2, 0.25) is 0 Å². The molecular weight excluding hydrogens is 580 g/mol. The fourth-order valence-corrected chi connectivity index (χ4v) is 6.99. The fraction of sp³-hybridized carbons (Fsp3) is 0.543. The lowest BCUT2D eigenvalue weighted by Gasteiger charge is -2.46. The van der Waals surface area contributed by atoms with Gasteiger partial charge in [-0.3, -0.25) is 0 Å². The Bertz CT molecular complexity index is 1240. The van der Waals surface area contributed by atoms with Crippen LogP contribution >= 0.6 is 0 Å². The highest BCUT2D eigenvalue weighted by atomic mass is 17.2. The van der Waals surface area contributed by atoms with Crippen molar-refractivity contribution in [2.45, 2.75) is 105 Å². The van der Waals surface area contributed by atoms with E-state index in [0.717, 1.165) is 47.9 Å². The molecule has 10 heteroatoms. The normalized spacial score (nSPS) is 21.6. The number of carbonyl (C=O) groups excluding carboxylic acids is 4. The lowest BCUT2D eigenvalue weighted by molar-refractivity contribution is -0.209. The Kier molecular flexibility index (Phi) is 11.1. The summed E-state index contributed by atoms with van der Waals surface area (Å²) in [5.74, 6) is -0.595. The molecule has 0 atom stereocenters. The zero-order chi connectivity index (χ0) is 32.7. The Hall–Kier alpha value is -4.08. The van der Waals surface area contributed by atoms with E-state index in [1.807, 2.05) is 12.1 Å². The molecular formula is C35H44O10. The first kappa shape index (κ1) is 33.8. The van der Waals surface area contributed by atoms with E-state index in [2.05, 4.69) is 23.6 Å². The molecule has 0 heterocycles. The molecule has 0 amide bonds. The van der Waals surface area contributed by atoms with E-state index in [0.29, 0.717) is 48.6 Å². The molecule has 2 aliphatic carbocycles. The first-order valence-corrected chi connectivity index (χ1v) is 15.7. The summed E-state index contributed by atoms with van der Waals surface area (Å²) in [4.78, 5) is 68.1. The number of rotatable bonds is 6. The van der Waals surface area contributed by atoms with Crippen LogP contribution < -0.4 is 0 Å². The average molecular weight is 625 g/mol. The van der Waals surface area contributed by atoms with E-state index in [9.17, 15) is 19.2 Å². The molecule has 2 aliphatic rings. The van der Waals surface area contributed by atoms with Gasteiger partial charge in [-0.15, -0.1) is 0 Å². The van der Waals surface area contributed by atoms with Crippen LogP contribution in [0.1, 0.15) is 108 Å². The minimum absolute atomic E-state index is 0.0405. The van der Waals surface area contributed by atoms with Crippen LogP contribution in [0.4, 0.5) is 9.59 Å². The van der Waals surface area contributed by atoms with Gasteiger partial charge in [-0.25, -0.2) is 29.1 Å². The van der Waals surface area contributed by atoms with Gasteiger partial charge in [-0.2, -0.15) is 9.59 Å². The van der Waals surface area contributed by atoms with Crippen LogP contribution in [0.15, 0.2) is 36.4 Å². The first-order chi connectivity index (χ1) is 21.4. The van der Waals surface area contributed by atoms with Crippen molar-refractivity contribution in [2.75, 3.05) is 0 Å². The molecule has 0 radical (unpaired) electrons. The van der Waals surface area contributed by atoms with Gasteiger partial charge in [0.05, 0.1) is 11.1 Å². The van der Waals surface area contributed by atoms with Crippen molar-refractivity contribution in [3.05, 3.63) is 69.8 Å². The lowest BCUT2D eigenvalue weighted by atomic mass is 9.60. The topological polar surface area (TPSA) is 124 Å². The van der Waals surface area contributed by atoms with Crippen molar-refractivity contribution in [3.63, 3.8) is 0 Å². The molecule has 0 bridgehead atoms. The third-order valence-electron chi connectivity index (χ3n) is 9.72. The molecule has 2 saturated carbocycles. The largest absolute Gasteiger partial charge is 0.550 e. The van der Waals surface area contributed by atoms with Crippen LogP contribution in [0, 0.1) is 44.9 Å². The Labute approximate surface area is 264 Å². The molecule has 0 spiro atoms. The standard InChI is InChI=1S/C35H44O10/c1-21-9-7-10-22(2)29(21)31(36)42-44-33(38)40-27-17-13-25(14-18-27)35(5,6)26-15-19-28(20-16-26)41-34(39)45-43-32(37)30-23(3)11-8-12-24(30)4/h7-12,25-28H,13-20H2,1-6H3. The molecule has 0 aromatic heterocycles. The minimum Gasteiger partial charge on any atom is -0.428 e. The summed E-state index contributed by atoms with van der Waals surface area (Å²) < 4.78 is 10.9.